The zero-order valence-electron chi connectivity index (χ0n) is 16.3. The standard InChI is InChI=1S/C22H22Cl2N2O2S/c1-3-15(2)26(22(27)16-7-9-17(23)10-8-16)12-19-14-29-21(25-19)13-28-20-6-4-5-18(24)11-20/h4-11,14-15H,3,12-13H2,1-2H3. The van der Waals surface area contributed by atoms with Crippen LogP contribution < -0.4 is 4.74 Å². The van der Waals surface area contributed by atoms with Crippen LogP contribution >= 0.6 is 34.5 Å². The summed E-state index contributed by atoms with van der Waals surface area (Å²) in [4.78, 5) is 19.5. The van der Waals surface area contributed by atoms with Crippen molar-refractivity contribution < 1.29 is 9.53 Å². The quantitative estimate of drug-likeness (QED) is 0.396. The first kappa shape index (κ1) is 21.6. The maximum absolute atomic E-state index is 13.0. The normalized spacial score (nSPS) is 11.9. The van der Waals surface area contributed by atoms with Gasteiger partial charge < -0.3 is 9.64 Å². The third-order valence-corrected chi connectivity index (χ3v) is 5.92. The van der Waals surface area contributed by atoms with Crippen molar-refractivity contribution in [2.24, 2.45) is 0 Å². The number of halogens is 2. The molecule has 0 aliphatic rings. The van der Waals surface area contributed by atoms with Gasteiger partial charge in [0.25, 0.3) is 5.91 Å². The Hall–Kier alpha value is -2.08. The van der Waals surface area contributed by atoms with E-state index in [1.807, 2.05) is 29.3 Å². The maximum Gasteiger partial charge on any atom is 0.254 e. The SMILES string of the molecule is CCC(C)N(Cc1csc(COc2cccc(Cl)c2)n1)C(=O)c1ccc(Cl)cc1. The third-order valence-electron chi connectivity index (χ3n) is 4.56. The molecule has 29 heavy (non-hydrogen) atoms. The number of hydrogen-bond donors (Lipinski definition) is 0. The highest BCUT2D eigenvalue weighted by Crippen LogP contribution is 2.21. The van der Waals surface area contributed by atoms with E-state index in [0.717, 1.165) is 17.1 Å². The molecule has 1 unspecified atom stereocenters. The lowest BCUT2D eigenvalue weighted by molar-refractivity contribution is 0.0669. The Morgan fingerprint density at radius 1 is 1.17 bits per heavy atom. The molecule has 1 heterocycles. The number of carbonyl (C=O) groups is 1. The van der Waals surface area contributed by atoms with Crippen LogP contribution in [-0.4, -0.2) is 21.8 Å². The summed E-state index contributed by atoms with van der Waals surface area (Å²) in [7, 11) is 0. The number of ether oxygens (including phenoxy) is 1. The summed E-state index contributed by atoms with van der Waals surface area (Å²) in [6.45, 7) is 4.92. The molecule has 1 atom stereocenters. The van der Waals surface area contributed by atoms with E-state index < -0.39 is 0 Å². The van der Waals surface area contributed by atoms with Crippen LogP contribution in [0.5, 0.6) is 5.75 Å². The Balaban J connectivity index is 1.68. The average Bonchev–Trinajstić information content (AvgIpc) is 3.17. The van der Waals surface area contributed by atoms with Crippen LogP contribution in [0.2, 0.25) is 10.0 Å². The first-order valence-corrected chi connectivity index (χ1v) is 11.0. The Morgan fingerprint density at radius 2 is 1.93 bits per heavy atom. The molecule has 2 aromatic carbocycles. The Morgan fingerprint density at radius 3 is 2.62 bits per heavy atom. The first-order valence-electron chi connectivity index (χ1n) is 9.34. The van der Waals surface area contributed by atoms with Crippen LogP contribution in [0.1, 0.15) is 41.3 Å². The monoisotopic (exact) mass is 448 g/mol. The van der Waals surface area contributed by atoms with E-state index in [-0.39, 0.29) is 11.9 Å². The van der Waals surface area contributed by atoms with Gasteiger partial charge in [0.05, 0.1) is 12.2 Å². The van der Waals surface area contributed by atoms with Crippen molar-refractivity contribution in [2.75, 3.05) is 0 Å². The highest BCUT2D eigenvalue weighted by atomic mass is 35.5. The van der Waals surface area contributed by atoms with E-state index in [4.69, 9.17) is 27.9 Å². The second kappa shape index (κ2) is 10.1. The lowest BCUT2D eigenvalue weighted by atomic mass is 10.1. The van der Waals surface area contributed by atoms with E-state index in [1.165, 1.54) is 11.3 Å². The molecule has 3 rings (SSSR count). The topological polar surface area (TPSA) is 42.4 Å². The van der Waals surface area contributed by atoms with Crippen molar-refractivity contribution in [1.82, 2.24) is 9.88 Å². The van der Waals surface area contributed by atoms with Crippen LogP contribution in [0.15, 0.2) is 53.9 Å². The van der Waals surface area contributed by atoms with Crippen molar-refractivity contribution >= 4 is 40.4 Å². The number of aromatic nitrogens is 1. The molecule has 0 aliphatic heterocycles. The Labute approximate surface area is 185 Å². The summed E-state index contributed by atoms with van der Waals surface area (Å²) in [5.41, 5.74) is 1.47. The molecular weight excluding hydrogens is 427 g/mol. The Bertz CT molecular complexity index is 959. The van der Waals surface area contributed by atoms with Crippen LogP contribution in [0.3, 0.4) is 0 Å². The molecule has 0 bridgehead atoms. The molecule has 3 aromatic rings. The van der Waals surface area contributed by atoms with Crippen molar-refractivity contribution in [3.8, 4) is 5.75 Å². The summed E-state index contributed by atoms with van der Waals surface area (Å²) in [6, 6.07) is 14.3. The van der Waals surface area contributed by atoms with E-state index in [9.17, 15) is 4.79 Å². The zero-order valence-corrected chi connectivity index (χ0v) is 18.6. The zero-order chi connectivity index (χ0) is 20.8. The second-order valence-corrected chi connectivity index (χ2v) is 8.49. The minimum absolute atomic E-state index is 0.0271. The third kappa shape index (κ3) is 5.95. The van der Waals surface area contributed by atoms with Crippen molar-refractivity contribution in [3.05, 3.63) is 80.2 Å². The fourth-order valence-electron chi connectivity index (χ4n) is 2.77. The Kier molecular flexibility index (Phi) is 7.53. The lowest BCUT2D eigenvalue weighted by Gasteiger charge is -2.28. The van der Waals surface area contributed by atoms with Gasteiger partial charge in [-0.15, -0.1) is 11.3 Å². The van der Waals surface area contributed by atoms with Gasteiger partial charge in [-0.1, -0.05) is 36.2 Å². The van der Waals surface area contributed by atoms with Crippen molar-refractivity contribution in [2.45, 2.75) is 39.5 Å². The number of benzene rings is 2. The first-order chi connectivity index (χ1) is 14.0. The number of amides is 1. The summed E-state index contributed by atoms with van der Waals surface area (Å²) >= 11 is 13.4. The van der Waals surface area contributed by atoms with Gasteiger partial charge in [0, 0.05) is 27.0 Å². The van der Waals surface area contributed by atoms with Gasteiger partial charge in [0.1, 0.15) is 17.4 Å². The molecule has 0 saturated carbocycles. The van der Waals surface area contributed by atoms with Gasteiger partial charge in [0.15, 0.2) is 0 Å². The minimum Gasteiger partial charge on any atom is -0.486 e. The van der Waals surface area contributed by atoms with Gasteiger partial charge in [-0.2, -0.15) is 0 Å². The molecule has 0 fully saturated rings. The van der Waals surface area contributed by atoms with E-state index >= 15 is 0 Å². The van der Waals surface area contributed by atoms with Crippen molar-refractivity contribution in [1.29, 1.82) is 0 Å². The highest BCUT2D eigenvalue weighted by molar-refractivity contribution is 7.09. The van der Waals surface area contributed by atoms with Gasteiger partial charge in [0.2, 0.25) is 0 Å². The number of hydrogen-bond acceptors (Lipinski definition) is 4. The summed E-state index contributed by atoms with van der Waals surface area (Å²) < 4.78 is 5.76. The van der Waals surface area contributed by atoms with Crippen LogP contribution in [0, 0.1) is 0 Å². The van der Waals surface area contributed by atoms with Crippen LogP contribution in [-0.2, 0) is 13.2 Å². The minimum atomic E-state index is -0.0271. The fourth-order valence-corrected chi connectivity index (χ4v) is 3.77. The predicted octanol–water partition coefficient (Wildman–Crippen LogP) is 6.47. The van der Waals surface area contributed by atoms with E-state index in [2.05, 4.69) is 11.9 Å². The van der Waals surface area contributed by atoms with Gasteiger partial charge in [-0.3, -0.25) is 4.79 Å². The summed E-state index contributed by atoms with van der Waals surface area (Å²) in [5.74, 6) is 0.675. The smallest absolute Gasteiger partial charge is 0.254 e. The molecule has 1 amide bonds. The molecule has 0 radical (unpaired) electrons. The second-order valence-electron chi connectivity index (χ2n) is 6.68. The number of thiazole rings is 1. The maximum atomic E-state index is 13.0. The summed E-state index contributed by atoms with van der Waals surface area (Å²) in [5, 5.41) is 4.07. The molecular formula is C22H22Cl2N2O2S. The molecule has 4 nitrogen and oxygen atoms in total. The fraction of sp³-hybridized carbons (Fsp3) is 0.273. The molecule has 7 heteroatoms. The molecule has 152 valence electrons. The van der Waals surface area contributed by atoms with Crippen LogP contribution in [0.4, 0.5) is 0 Å². The number of nitrogens with zero attached hydrogens (tertiary/aromatic N) is 2. The van der Waals surface area contributed by atoms with Gasteiger partial charge >= 0.3 is 0 Å². The predicted molar refractivity (Wildman–Crippen MR) is 119 cm³/mol. The number of rotatable bonds is 8. The molecule has 0 spiro atoms. The van der Waals surface area contributed by atoms with Gasteiger partial charge in [-0.25, -0.2) is 4.98 Å². The van der Waals surface area contributed by atoms with Crippen molar-refractivity contribution in [3.63, 3.8) is 0 Å². The number of carbonyl (C=O) groups excluding carboxylic acids is 1. The highest BCUT2D eigenvalue weighted by Gasteiger charge is 2.22. The van der Waals surface area contributed by atoms with Gasteiger partial charge in [-0.05, 0) is 55.8 Å². The van der Waals surface area contributed by atoms with Crippen LogP contribution in [0.25, 0.3) is 0 Å². The molecule has 1 aromatic heterocycles. The summed E-state index contributed by atoms with van der Waals surface area (Å²) in [6.07, 6.45) is 0.855. The molecule has 0 N–H and O–H groups in total. The largest absolute Gasteiger partial charge is 0.486 e. The molecule has 0 aliphatic carbocycles. The molecule has 0 saturated heterocycles. The average molecular weight is 449 g/mol. The lowest BCUT2D eigenvalue weighted by Crippen LogP contribution is -2.37. The van der Waals surface area contributed by atoms with E-state index in [1.54, 1.807) is 36.4 Å². The van der Waals surface area contributed by atoms with E-state index in [0.29, 0.717) is 34.5 Å².